The van der Waals surface area contributed by atoms with Crippen molar-refractivity contribution in [1.82, 2.24) is 5.32 Å². The SMILES string of the molecule is CCCC1CCC(OC(=O)N[C@@H](CC(C)C)C(=O)OC)CC1. The summed E-state index contributed by atoms with van der Waals surface area (Å²) in [4.78, 5) is 23.7. The number of hydrogen-bond donors (Lipinski definition) is 1. The third-order valence-corrected chi connectivity index (χ3v) is 4.25. The summed E-state index contributed by atoms with van der Waals surface area (Å²) in [5.41, 5.74) is 0. The van der Waals surface area contributed by atoms with Gasteiger partial charge >= 0.3 is 12.1 Å². The van der Waals surface area contributed by atoms with E-state index in [0.29, 0.717) is 6.42 Å². The zero-order valence-corrected chi connectivity index (χ0v) is 14.4. The van der Waals surface area contributed by atoms with E-state index in [1.807, 2.05) is 13.8 Å². The van der Waals surface area contributed by atoms with Gasteiger partial charge in [-0.05, 0) is 43.9 Å². The van der Waals surface area contributed by atoms with Crippen LogP contribution in [-0.4, -0.2) is 31.3 Å². The molecule has 1 aliphatic carbocycles. The maximum absolute atomic E-state index is 12.0. The fraction of sp³-hybridized carbons (Fsp3) is 0.882. The number of esters is 1. The van der Waals surface area contributed by atoms with Crippen molar-refractivity contribution >= 4 is 12.1 Å². The van der Waals surface area contributed by atoms with Gasteiger partial charge in [-0.3, -0.25) is 0 Å². The van der Waals surface area contributed by atoms with E-state index in [4.69, 9.17) is 9.47 Å². The topological polar surface area (TPSA) is 64.6 Å². The molecule has 0 saturated heterocycles. The van der Waals surface area contributed by atoms with E-state index in [1.54, 1.807) is 0 Å². The Balaban J connectivity index is 2.39. The molecule has 1 rings (SSSR count). The fourth-order valence-electron chi connectivity index (χ4n) is 3.10. The van der Waals surface area contributed by atoms with Gasteiger partial charge in [0.25, 0.3) is 0 Å². The Morgan fingerprint density at radius 2 is 1.82 bits per heavy atom. The van der Waals surface area contributed by atoms with E-state index in [0.717, 1.165) is 31.6 Å². The standard InChI is InChI=1S/C17H31NO4/c1-5-6-13-7-9-14(10-8-13)22-17(20)18-15(11-12(2)3)16(19)21-4/h12-15H,5-11H2,1-4H3,(H,18,20)/t13?,14?,15-/m0/s1. The van der Waals surface area contributed by atoms with Crippen LogP contribution >= 0.6 is 0 Å². The molecule has 5 heteroatoms. The molecule has 0 aromatic carbocycles. The molecule has 0 aromatic rings. The second-order valence-corrected chi connectivity index (χ2v) is 6.69. The zero-order chi connectivity index (χ0) is 16.5. The molecule has 1 amide bonds. The van der Waals surface area contributed by atoms with Crippen molar-refractivity contribution in [1.29, 1.82) is 0 Å². The quantitative estimate of drug-likeness (QED) is 0.729. The minimum absolute atomic E-state index is 0.0227. The molecule has 1 N–H and O–H groups in total. The molecule has 0 aliphatic heterocycles. The van der Waals surface area contributed by atoms with Gasteiger partial charge in [-0.2, -0.15) is 0 Å². The predicted octanol–water partition coefficient (Wildman–Crippen LogP) is 3.66. The molecular formula is C17H31NO4. The summed E-state index contributed by atoms with van der Waals surface area (Å²) in [6, 6.07) is -0.631. The Bertz CT molecular complexity index is 349. The average molecular weight is 313 g/mol. The van der Waals surface area contributed by atoms with Crippen molar-refractivity contribution in [3.63, 3.8) is 0 Å². The molecule has 1 saturated carbocycles. The summed E-state index contributed by atoms with van der Waals surface area (Å²) in [6.45, 7) is 6.20. The first kappa shape index (κ1) is 18.8. The number of nitrogens with one attached hydrogen (secondary N) is 1. The molecule has 1 atom stereocenters. The molecule has 22 heavy (non-hydrogen) atoms. The summed E-state index contributed by atoms with van der Waals surface area (Å²) in [5.74, 6) is 0.642. The van der Waals surface area contributed by atoms with Crippen LogP contribution in [0.5, 0.6) is 0 Å². The van der Waals surface area contributed by atoms with Crippen molar-refractivity contribution in [2.75, 3.05) is 7.11 Å². The highest BCUT2D eigenvalue weighted by molar-refractivity contribution is 5.81. The number of amides is 1. The van der Waals surface area contributed by atoms with Crippen molar-refractivity contribution in [3.8, 4) is 0 Å². The van der Waals surface area contributed by atoms with Gasteiger partial charge in [-0.1, -0.05) is 33.6 Å². The molecule has 1 aliphatic rings. The van der Waals surface area contributed by atoms with Gasteiger partial charge in [-0.25, -0.2) is 9.59 Å². The molecular weight excluding hydrogens is 282 g/mol. The number of carbonyl (C=O) groups excluding carboxylic acids is 2. The number of rotatable bonds is 7. The second kappa shape index (κ2) is 9.70. The molecule has 0 radical (unpaired) electrons. The van der Waals surface area contributed by atoms with Crippen LogP contribution in [0.15, 0.2) is 0 Å². The molecule has 128 valence electrons. The van der Waals surface area contributed by atoms with Crippen LogP contribution in [0, 0.1) is 11.8 Å². The fourth-order valence-corrected chi connectivity index (χ4v) is 3.10. The monoisotopic (exact) mass is 313 g/mol. The highest BCUT2D eigenvalue weighted by Crippen LogP contribution is 2.29. The van der Waals surface area contributed by atoms with Gasteiger partial charge in [0.15, 0.2) is 0 Å². The van der Waals surface area contributed by atoms with Gasteiger partial charge in [-0.15, -0.1) is 0 Å². The predicted molar refractivity (Wildman–Crippen MR) is 85.5 cm³/mol. The molecule has 0 spiro atoms. The molecule has 5 nitrogen and oxygen atoms in total. The maximum atomic E-state index is 12.0. The molecule has 0 unspecified atom stereocenters. The van der Waals surface area contributed by atoms with Gasteiger partial charge in [0.2, 0.25) is 0 Å². The zero-order valence-electron chi connectivity index (χ0n) is 14.4. The van der Waals surface area contributed by atoms with E-state index in [9.17, 15) is 9.59 Å². The summed E-state index contributed by atoms with van der Waals surface area (Å²) in [6.07, 6.45) is 6.59. The van der Waals surface area contributed by atoms with E-state index >= 15 is 0 Å². The summed E-state index contributed by atoms with van der Waals surface area (Å²) < 4.78 is 10.2. The first-order chi connectivity index (χ1) is 10.5. The van der Waals surface area contributed by atoms with Gasteiger partial charge < -0.3 is 14.8 Å². The molecule has 0 heterocycles. The maximum Gasteiger partial charge on any atom is 0.408 e. The van der Waals surface area contributed by atoms with Crippen LogP contribution < -0.4 is 5.32 Å². The van der Waals surface area contributed by atoms with Crippen molar-refractivity contribution < 1.29 is 19.1 Å². The first-order valence-corrected chi connectivity index (χ1v) is 8.51. The lowest BCUT2D eigenvalue weighted by Crippen LogP contribution is -2.44. The van der Waals surface area contributed by atoms with E-state index in [1.165, 1.54) is 20.0 Å². The van der Waals surface area contributed by atoms with Crippen LogP contribution in [0.1, 0.15) is 65.7 Å². The smallest absolute Gasteiger partial charge is 0.408 e. The van der Waals surface area contributed by atoms with Crippen LogP contribution in [0.2, 0.25) is 0 Å². The Hall–Kier alpha value is -1.26. The van der Waals surface area contributed by atoms with Gasteiger partial charge in [0.05, 0.1) is 7.11 Å². The lowest BCUT2D eigenvalue weighted by Gasteiger charge is -2.28. The summed E-state index contributed by atoms with van der Waals surface area (Å²) >= 11 is 0. The number of ether oxygens (including phenoxy) is 2. The number of hydrogen-bond acceptors (Lipinski definition) is 4. The summed E-state index contributed by atoms with van der Waals surface area (Å²) in [7, 11) is 1.33. The second-order valence-electron chi connectivity index (χ2n) is 6.69. The largest absolute Gasteiger partial charge is 0.467 e. The number of methoxy groups -OCH3 is 1. The van der Waals surface area contributed by atoms with Crippen molar-refractivity contribution in [2.24, 2.45) is 11.8 Å². The van der Waals surface area contributed by atoms with Crippen LogP contribution in [0.3, 0.4) is 0 Å². The lowest BCUT2D eigenvalue weighted by molar-refractivity contribution is -0.143. The Morgan fingerprint density at radius 3 is 2.32 bits per heavy atom. The minimum atomic E-state index is -0.631. The van der Waals surface area contributed by atoms with Gasteiger partial charge in [0.1, 0.15) is 12.1 Å². The third kappa shape index (κ3) is 6.67. The van der Waals surface area contributed by atoms with Crippen LogP contribution in [0.4, 0.5) is 4.79 Å². The van der Waals surface area contributed by atoms with E-state index in [-0.39, 0.29) is 12.0 Å². The normalized spacial score (nSPS) is 23.0. The third-order valence-electron chi connectivity index (χ3n) is 4.25. The lowest BCUT2D eigenvalue weighted by atomic mass is 9.85. The molecule has 0 bridgehead atoms. The number of alkyl carbamates (subject to hydrolysis) is 1. The van der Waals surface area contributed by atoms with E-state index < -0.39 is 18.1 Å². The highest BCUT2D eigenvalue weighted by atomic mass is 16.6. The highest BCUT2D eigenvalue weighted by Gasteiger charge is 2.27. The summed E-state index contributed by atoms with van der Waals surface area (Å²) in [5, 5.41) is 2.65. The Labute approximate surface area is 134 Å². The van der Waals surface area contributed by atoms with Gasteiger partial charge in [0, 0.05) is 0 Å². The average Bonchev–Trinajstić information content (AvgIpc) is 2.47. The Morgan fingerprint density at radius 1 is 1.18 bits per heavy atom. The minimum Gasteiger partial charge on any atom is -0.467 e. The van der Waals surface area contributed by atoms with Crippen LogP contribution in [0.25, 0.3) is 0 Å². The number of carbonyl (C=O) groups is 2. The molecule has 0 aromatic heterocycles. The van der Waals surface area contributed by atoms with Crippen molar-refractivity contribution in [3.05, 3.63) is 0 Å². The van der Waals surface area contributed by atoms with Crippen LogP contribution in [-0.2, 0) is 14.3 Å². The van der Waals surface area contributed by atoms with E-state index in [2.05, 4.69) is 12.2 Å². The first-order valence-electron chi connectivity index (χ1n) is 8.51. The van der Waals surface area contributed by atoms with Crippen molar-refractivity contribution in [2.45, 2.75) is 77.9 Å². The molecule has 1 fully saturated rings. The Kier molecular flexibility index (Phi) is 8.28.